The predicted octanol–water partition coefficient (Wildman–Crippen LogP) is 2.25. The van der Waals surface area contributed by atoms with Gasteiger partial charge in [0.1, 0.15) is 0 Å². The summed E-state index contributed by atoms with van der Waals surface area (Å²) < 4.78 is 13.2. The molecule has 2 rings (SSSR count). The van der Waals surface area contributed by atoms with Gasteiger partial charge in [-0.25, -0.2) is 0 Å². The monoisotopic (exact) mass is 277 g/mol. The van der Waals surface area contributed by atoms with E-state index in [2.05, 4.69) is 0 Å². The van der Waals surface area contributed by atoms with Crippen LogP contribution in [0.5, 0.6) is 0 Å². The van der Waals surface area contributed by atoms with Gasteiger partial charge in [-0.2, -0.15) is 9.65 Å². The SMILES string of the molecule is N#CCCN(C(=O)c1ccc(F)c([N+](=O)[O-])c1)C1CC1. The maximum Gasteiger partial charge on any atom is 0.305 e. The summed E-state index contributed by atoms with van der Waals surface area (Å²) in [5, 5.41) is 19.3. The number of carbonyl (C=O) groups is 1. The van der Waals surface area contributed by atoms with Gasteiger partial charge in [-0.1, -0.05) is 0 Å². The van der Waals surface area contributed by atoms with Crippen molar-refractivity contribution in [2.24, 2.45) is 0 Å². The Morgan fingerprint density at radius 3 is 2.80 bits per heavy atom. The summed E-state index contributed by atoms with van der Waals surface area (Å²) in [6.07, 6.45) is 1.92. The number of nitro benzene ring substituents is 1. The molecule has 0 N–H and O–H groups in total. The Balaban J connectivity index is 2.25. The molecule has 6 nitrogen and oxygen atoms in total. The third-order valence-electron chi connectivity index (χ3n) is 3.10. The molecular formula is C13H12FN3O3. The fourth-order valence-electron chi connectivity index (χ4n) is 1.96. The number of rotatable bonds is 5. The quantitative estimate of drug-likeness (QED) is 0.610. The molecule has 0 atom stereocenters. The van der Waals surface area contributed by atoms with Crippen LogP contribution in [-0.2, 0) is 0 Å². The van der Waals surface area contributed by atoms with Crippen molar-refractivity contribution < 1.29 is 14.1 Å². The van der Waals surface area contributed by atoms with Crippen LogP contribution in [0.2, 0.25) is 0 Å². The number of benzene rings is 1. The number of nitro groups is 1. The molecule has 1 aliphatic rings. The molecule has 1 fully saturated rings. The van der Waals surface area contributed by atoms with E-state index < -0.39 is 22.3 Å². The van der Waals surface area contributed by atoms with E-state index in [-0.39, 0.29) is 24.6 Å². The van der Waals surface area contributed by atoms with Crippen LogP contribution in [-0.4, -0.2) is 28.3 Å². The van der Waals surface area contributed by atoms with Crippen molar-refractivity contribution in [3.8, 4) is 6.07 Å². The number of halogens is 1. The van der Waals surface area contributed by atoms with E-state index in [1.165, 1.54) is 11.0 Å². The Morgan fingerprint density at radius 2 is 2.25 bits per heavy atom. The fraction of sp³-hybridized carbons (Fsp3) is 0.385. The molecule has 0 radical (unpaired) electrons. The van der Waals surface area contributed by atoms with Crippen LogP contribution in [0, 0.1) is 27.3 Å². The van der Waals surface area contributed by atoms with Crippen molar-refractivity contribution in [3.05, 3.63) is 39.7 Å². The van der Waals surface area contributed by atoms with Gasteiger partial charge in [0, 0.05) is 24.2 Å². The van der Waals surface area contributed by atoms with Gasteiger partial charge in [0.15, 0.2) is 0 Å². The molecule has 1 amide bonds. The maximum absolute atomic E-state index is 13.2. The van der Waals surface area contributed by atoms with Crippen LogP contribution in [0.3, 0.4) is 0 Å². The molecule has 0 aliphatic heterocycles. The van der Waals surface area contributed by atoms with Crippen molar-refractivity contribution in [3.63, 3.8) is 0 Å². The average Bonchev–Trinajstić information content (AvgIpc) is 3.23. The molecule has 1 saturated carbocycles. The molecular weight excluding hydrogens is 265 g/mol. The zero-order chi connectivity index (χ0) is 14.7. The topological polar surface area (TPSA) is 87.2 Å². The summed E-state index contributed by atoms with van der Waals surface area (Å²) >= 11 is 0. The largest absolute Gasteiger partial charge is 0.335 e. The molecule has 0 saturated heterocycles. The molecule has 0 unspecified atom stereocenters. The van der Waals surface area contributed by atoms with Crippen LogP contribution in [0.1, 0.15) is 29.6 Å². The first-order chi connectivity index (χ1) is 9.54. The van der Waals surface area contributed by atoms with E-state index >= 15 is 0 Å². The highest BCUT2D eigenvalue weighted by atomic mass is 19.1. The molecule has 0 spiro atoms. The molecule has 0 heterocycles. The minimum atomic E-state index is -0.971. The Hall–Kier alpha value is -2.49. The minimum Gasteiger partial charge on any atom is -0.335 e. The van der Waals surface area contributed by atoms with Gasteiger partial charge < -0.3 is 4.90 Å². The van der Waals surface area contributed by atoms with Crippen molar-refractivity contribution >= 4 is 11.6 Å². The van der Waals surface area contributed by atoms with Crippen LogP contribution in [0.4, 0.5) is 10.1 Å². The van der Waals surface area contributed by atoms with E-state index in [9.17, 15) is 19.3 Å². The summed E-state index contributed by atoms with van der Waals surface area (Å²) in [4.78, 5) is 23.6. The fourth-order valence-corrected chi connectivity index (χ4v) is 1.96. The van der Waals surface area contributed by atoms with Gasteiger partial charge >= 0.3 is 5.69 Å². The number of carbonyl (C=O) groups excluding carboxylic acids is 1. The molecule has 1 aromatic carbocycles. The first-order valence-electron chi connectivity index (χ1n) is 6.16. The molecule has 20 heavy (non-hydrogen) atoms. The van der Waals surface area contributed by atoms with Gasteiger partial charge in [0.05, 0.1) is 17.4 Å². The number of hydrogen-bond acceptors (Lipinski definition) is 4. The van der Waals surface area contributed by atoms with Gasteiger partial charge in [-0.15, -0.1) is 0 Å². The number of nitriles is 1. The number of hydrogen-bond donors (Lipinski definition) is 0. The lowest BCUT2D eigenvalue weighted by atomic mass is 10.1. The average molecular weight is 277 g/mol. The summed E-state index contributed by atoms with van der Waals surface area (Å²) in [5.41, 5.74) is -0.644. The first-order valence-corrected chi connectivity index (χ1v) is 6.16. The summed E-state index contributed by atoms with van der Waals surface area (Å²) in [5.74, 6) is -1.37. The highest BCUT2D eigenvalue weighted by Gasteiger charge is 2.33. The molecule has 0 bridgehead atoms. The van der Waals surface area contributed by atoms with Crippen molar-refractivity contribution in [2.45, 2.75) is 25.3 Å². The van der Waals surface area contributed by atoms with Crippen molar-refractivity contribution in [2.75, 3.05) is 6.54 Å². The van der Waals surface area contributed by atoms with Crippen LogP contribution in [0.15, 0.2) is 18.2 Å². The molecule has 7 heteroatoms. The van der Waals surface area contributed by atoms with Crippen LogP contribution < -0.4 is 0 Å². The minimum absolute atomic E-state index is 0.0722. The zero-order valence-corrected chi connectivity index (χ0v) is 10.6. The second-order valence-corrected chi connectivity index (χ2v) is 4.56. The maximum atomic E-state index is 13.2. The van der Waals surface area contributed by atoms with Crippen LogP contribution in [0.25, 0.3) is 0 Å². The van der Waals surface area contributed by atoms with E-state index in [1.54, 1.807) is 0 Å². The van der Waals surface area contributed by atoms with Crippen molar-refractivity contribution in [1.29, 1.82) is 5.26 Å². The van der Waals surface area contributed by atoms with E-state index in [4.69, 9.17) is 5.26 Å². The van der Waals surface area contributed by atoms with Gasteiger partial charge in [0.25, 0.3) is 5.91 Å². The van der Waals surface area contributed by atoms with E-state index in [1.807, 2.05) is 6.07 Å². The Morgan fingerprint density at radius 1 is 1.55 bits per heavy atom. The smallest absolute Gasteiger partial charge is 0.305 e. The lowest BCUT2D eigenvalue weighted by molar-refractivity contribution is -0.387. The summed E-state index contributed by atoms with van der Waals surface area (Å²) in [7, 11) is 0. The van der Waals surface area contributed by atoms with E-state index in [0.29, 0.717) is 0 Å². The Bertz CT molecular complexity index is 593. The first kappa shape index (κ1) is 13.9. The summed E-state index contributed by atoms with van der Waals surface area (Å²) in [6, 6.07) is 5.14. The number of nitrogens with zero attached hydrogens (tertiary/aromatic N) is 3. The Kier molecular flexibility index (Phi) is 3.94. The van der Waals surface area contributed by atoms with Crippen molar-refractivity contribution in [1.82, 2.24) is 4.90 Å². The van der Waals surface area contributed by atoms with Gasteiger partial charge in [-0.3, -0.25) is 14.9 Å². The van der Waals surface area contributed by atoms with Gasteiger partial charge in [0.2, 0.25) is 5.82 Å². The standard InChI is InChI=1S/C13H12FN3O3/c14-11-5-2-9(8-12(11)17(19)20)13(18)16(7-1-6-15)10-3-4-10/h2,5,8,10H,1,3-4,7H2. The highest BCUT2D eigenvalue weighted by Crippen LogP contribution is 2.29. The Labute approximate surface area is 114 Å². The predicted molar refractivity (Wildman–Crippen MR) is 67.3 cm³/mol. The molecule has 1 aliphatic carbocycles. The molecule has 0 aromatic heterocycles. The van der Waals surface area contributed by atoms with E-state index in [0.717, 1.165) is 25.0 Å². The van der Waals surface area contributed by atoms with Gasteiger partial charge in [-0.05, 0) is 25.0 Å². The van der Waals surface area contributed by atoms with Crippen LogP contribution >= 0.6 is 0 Å². The molecule has 1 aromatic rings. The highest BCUT2D eigenvalue weighted by molar-refractivity contribution is 5.95. The second kappa shape index (κ2) is 5.65. The third kappa shape index (κ3) is 2.91. The normalized spacial score (nSPS) is 13.6. The second-order valence-electron chi connectivity index (χ2n) is 4.56. The summed E-state index contributed by atoms with van der Waals surface area (Å²) in [6.45, 7) is 0.283. The lowest BCUT2D eigenvalue weighted by Gasteiger charge is -2.21. The molecule has 104 valence electrons. The zero-order valence-electron chi connectivity index (χ0n) is 10.6. The number of amides is 1. The third-order valence-corrected chi connectivity index (χ3v) is 3.10. The lowest BCUT2D eigenvalue weighted by Crippen LogP contribution is -2.34.